The van der Waals surface area contributed by atoms with Crippen LogP contribution in [0.25, 0.3) is 0 Å². The zero-order valence-corrected chi connectivity index (χ0v) is 19.7. The van der Waals surface area contributed by atoms with Crippen molar-refractivity contribution < 1.29 is 22.7 Å². The first kappa shape index (κ1) is 23.5. The summed E-state index contributed by atoms with van der Waals surface area (Å²) in [7, 11) is -3.64. The van der Waals surface area contributed by atoms with Gasteiger partial charge >= 0.3 is 0 Å². The topological polar surface area (TPSA) is 88.2 Å². The van der Waals surface area contributed by atoms with Crippen LogP contribution in [-0.4, -0.2) is 69.5 Å². The molecule has 4 rings (SSSR count). The van der Waals surface area contributed by atoms with Crippen molar-refractivity contribution in [3.63, 3.8) is 0 Å². The number of hydrogen-bond acceptors (Lipinski definition) is 6. The molecule has 0 spiro atoms. The molecule has 1 fully saturated rings. The van der Waals surface area contributed by atoms with E-state index in [2.05, 4.69) is 12.2 Å². The van der Waals surface area contributed by atoms with Gasteiger partial charge in [-0.15, -0.1) is 0 Å². The molecule has 0 aliphatic carbocycles. The molecule has 9 heteroatoms. The fourth-order valence-electron chi connectivity index (χ4n) is 4.20. The lowest BCUT2D eigenvalue weighted by atomic mass is 10.0. The maximum absolute atomic E-state index is 13.1. The van der Waals surface area contributed by atoms with Gasteiger partial charge < -0.3 is 14.8 Å². The number of sulfonamides is 1. The highest BCUT2D eigenvalue weighted by atomic mass is 32.2. The molecule has 2 aromatic rings. The zero-order valence-electron chi connectivity index (χ0n) is 18.9. The van der Waals surface area contributed by atoms with Gasteiger partial charge in [0.05, 0.1) is 17.5 Å². The lowest BCUT2D eigenvalue weighted by molar-refractivity contribution is -0.123. The average molecular weight is 474 g/mol. The first-order chi connectivity index (χ1) is 16.0. The molecular formula is C24H31N3O5S. The third kappa shape index (κ3) is 5.66. The number of piperazine rings is 1. The monoisotopic (exact) mass is 473 g/mol. The molecule has 1 amide bonds. The molecule has 0 radical (unpaired) electrons. The second-order valence-corrected chi connectivity index (χ2v) is 10.2. The molecule has 1 atom stereocenters. The summed E-state index contributed by atoms with van der Waals surface area (Å²) < 4.78 is 38.7. The number of amides is 1. The molecule has 0 unspecified atom stereocenters. The Morgan fingerprint density at radius 2 is 1.70 bits per heavy atom. The van der Waals surface area contributed by atoms with Crippen LogP contribution in [0, 0.1) is 0 Å². The van der Waals surface area contributed by atoms with Crippen LogP contribution < -0.4 is 14.8 Å². The van der Waals surface area contributed by atoms with Gasteiger partial charge in [-0.05, 0) is 24.1 Å². The number of benzene rings is 2. The molecule has 2 aliphatic rings. The van der Waals surface area contributed by atoms with Crippen molar-refractivity contribution in [2.24, 2.45) is 0 Å². The van der Waals surface area contributed by atoms with Crippen LogP contribution in [0.4, 0.5) is 0 Å². The molecule has 0 saturated carbocycles. The van der Waals surface area contributed by atoms with Gasteiger partial charge in [0.2, 0.25) is 15.9 Å². The summed E-state index contributed by atoms with van der Waals surface area (Å²) in [4.78, 5) is 14.9. The number of fused-ring (bicyclic) bond motifs is 1. The summed E-state index contributed by atoms with van der Waals surface area (Å²) in [5.74, 6) is 0.978. The Balaban J connectivity index is 1.32. The van der Waals surface area contributed by atoms with E-state index < -0.39 is 10.0 Å². The average Bonchev–Trinajstić information content (AvgIpc) is 2.84. The van der Waals surface area contributed by atoms with E-state index in [1.54, 1.807) is 12.1 Å². The predicted molar refractivity (Wildman–Crippen MR) is 125 cm³/mol. The lowest BCUT2D eigenvalue weighted by Gasteiger charge is -2.34. The van der Waals surface area contributed by atoms with Gasteiger partial charge in [-0.25, -0.2) is 8.42 Å². The van der Waals surface area contributed by atoms with Crippen molar-refractivity contribution in [1.82, 2.24) is 14.5 Å². The highest BCUT2D eigenvalue weighted by Gasteiger charge is 2.30. The van der Waals surface area contributed by atoms with Gasteiger partial charge in [-0.1, -0.05) is 43.7 Å². The van der Waals surface area contributed by atoms with Crippen LogP contribution in [0.15, 0.2) is 53.4 Å². The third-order valence-corrected chi connectivity index (χ3v) is 7.86. The quantitative estimate of drug-likeness (QED) is 0.634. The van der Waals surface area contributed by atoms with E-state index in [0.717, 1.165) is 18.4 Å². The number of ether oxygens (including phenoxy) is 2. The molecule has 33 heavy (non-hydrogen) atoms. The highest BCUT2D eigenvalue weighted by Crippen LogP contribution is 2.33. The third-order valence-electron chi connectivity index (χ3n) is 5.96. The first-order valence-corrected chi connectivity index (χ1v) is 12.9. The summed E-state index contributed by atoms with van der Waals surface area (Å²) in [5, 5.41) is 3.14. The van der Waals surface area contributed by atoms with Crippen molar-refractivity contribution in [3.8, 4) is 11.5 Å². The number of nitrogens with one attached hydrogen (secondary N) is 1. The number of carbonyl (C=O) groups excluding carboxylic acids is 1. The molecule has 8 nitrogen and oxygen atoms in total. The minimum Gasteiger partial charge on any atom is -0.486 e. The Bertz CT molecular complexity index is 1050. The van der Waals surface area contributed by atoms with Gasteiger partial charge in [0.1, 0.15) is 13.2 Å². The summed E-state index contributed by atoms with van der Waals surface area (Å²) in [6.07, 6.45) is 1.84. The Morgan fingerprint density at radius 3 is 2.39 bits per heavy atom. The van der Waals surface area contributed by atoms with Crippen LogP contribution in [0.3, 0.4) is 0 Å². The van der Waals surface area contributed by atoms with Crippen LogP contribution in [0.1, 0.15) is 31.4 Å². The molecule has 178 valence electrons. The molecule has 1 saturated heterocycles. The smallest absolute Gasteiger partial charge is 0.243 e. The largest absolute Gasteiger partial charge is 0.486 e. The van der Waals surface area contributed by atoms with E-state index >= 15 is 0 Å². The molecule has 1 N–H and O–H groups in total. The van der Waals surface area contributed by atoms with E-state index in [1.165, 1.54) is 10.4 Å². The zero-order chi connectivity index (χ0) is 23.3. The Hall–Kier alpha value is -2.62. The summed E-state index contributed by atoms with van der Waals surface area (Å²) in [6, 6.07) is 14.7. The Kier molecular flexibility index (Phi) is 7.52. The minimum atomic E-state index is -3.64. The Labute approximate surface area is 195 Å². The van der Waals surface area contributed by atoms with Crippen molar-refractivity contribution >= 4 is 15.9 Å². The van der Waals surface area contributed by atoms with Crippen molar-refractivity contribution in [2.75, 3.05) is 45.9 Å². The van der Waals surface area contributed by atoms with E-state index in [-0.39, 0.29) is 23.4 Å². The van der Waals surface area contributed by atoms with Crippen LogP contribution >= 0.6 is 0 Å². The van der Waals surface area contributed by atoms with Gasteiger partial charge in [-0.3, -0.25) is 9.69 Å². The minimum absolute atomic E-state index is 0.0134. The normalized spacial score (nSPS) is 18.0. The molecule has 2 aromatic carbocycles. The standard InChI is InChI=1S/C24H31N3O5S/c1-2-6-21(19-7-4-3-5-8-19)25-24(28)18-26-11-13-27(14-12-26)33(29,30)20-9-10-22-23(17-20)32-16-15-31-22/h3-5,7-10,17,21H,2,6,11-16,18H2,1H3,(H,25,28)/t21-/m1/s1. The van der Waals surface area contributed by atoms with Gasteiger partial charge in [0.15, 0.2) is 11.5 Å². The molecule has 0 aromatic heterocycles. The number of nitrogens with zero attached hydrogens (tertiary/aromatic N) is 2. The predicted octanol–water partition coefficient (Wildman–Crippen LogP) is 2.42. The molecule has 2 aliphatic heterocycles. The maximum atomic E-state index is 13.1. The first-order valence-electron chi connectivity index (χ1n) is 11.4. The summed E-state index contributed by atoms with van der Waals surface area (Å²) in [5.41, 5.74) is 1.10. The van der Waals surface area contributed by atoms with Crippen molar-refractivity contribution in [1.29, 1.82) is 0 Å². The van der Waals surface area contributed by atoms with Crippen molar-refractivity contribution in [3.05, 3.63) is 54.1 Å². The fraction of sp³-hybridized carbons (Fsp3) is 0.458. The number of hydrogen-bond donors (Lipinski definition) is 1. The fourth-order valence-corrected chi connectivity index (χ4v) is 5.64. The molecule has 0 bridgehead atoms. The van der Waals surface area contributed by atoms with Gasteiger partial charge in [-0.2, -0.15) is 4.31 Å². The second kappa shape index (κ2) is 10.5. The highest BCUT2D eigenvalue weighted by molar-refractivity contribution is 7.89. The van der Waals surface area contributed by atoms with Crippen LogP contribution in [-0.2, 0) is 14.8 Å². The maximum Gasteiger partial charge on any atom is 0.243 e. The van der Waals surface area contributed by atoms with E-state index in [0.29, 0.717) is 50.9 Å². The van der Waals surface area contributed by atoms with Crippen LogP contribution in [0.5, 0.6) is 11.5 Å². The number of carbonyl (C=O) groups is 1. The van der Waals surface area contributed by atoms with E-state index in [4.69, 9.17) is 9.47 Å². The number of rotatable bonds is 8. The molecule has 2 heterocycles. The lowest BCUT2D eigenvalue weighted by Crippen LogP contribution is -2.51. The Morgan fingerprint density at radius 1 is 1.00 bits per heavy atom. The SMILES string of the molecule is CCC[C@@H](NC(=O)CN1CCN(S(=O)(=O)c2ccc3c(c2)OCCO3)CC1)c1ccccc1. The van der Waals surface area contributed by atoms with E-state index in [1.807, 2.05) is 35.2 Å². The summed E-state index contributed by atoms with van der Waals surface area (Å²) >= 11 is 0. The van der Waals surface area contributed by atoms with Gasteiger partial charge in [0, 0.05) is 32.2 Å². The van der Waals surface area contributed by atoms with Crippen molar-refractivity contribution in [2.45, 2.75) is 30.7 Å². The summed E-state index contributed by atoms with van der Waals surface area (Å²) in [6.45, 7) is 4.89. The van der Waals surface area contributed by atoms with Gasteiger partial charge in [0.25, 0.3) is 0 Å². The van der Waals surface area contributed by atoms with E-state index in [9.17, 15) is 13.2 Å². The van der Waals surface area contributed by atoms with Crippen LogP contribution in [0.2, 0.25) is 0 Å². The molecular weight excluding hydrogens is 442 g/mol. The second-order valence-electron chi connectivity index (χ2n) is 8.31.